The Morgan fingerprint density at radius 2 is 1.96 bits per heavy atom. The molecule has 0 spiro atoms. The third-order valence-electron chi connectivity index (χ3n) is 3.50. The van der Waals surface area contributed by atoms with Gasteiger partial charge in [0.1, 0.15) is 18.0 Å². The highest BCUT2D eigenvalue weighted by Crippen LogP contribution is 2.19. The van der Waals surface area contributed by atoms with E-state index in [1.54, 1.807) is 4.52 Å². The van der Waals surface area contributed by atoms with E-state index >= 15 is 0 Å². The van der Waals surface area contributed by atoms with Crippen LogP contribution in [0.1, 0.15) is 18.8 Å². The molecule has 0 amide bonds. The van der Waals surface area contributed by atoms with Crippen LogP contribution >= 0.6 is 0 Å². The van der Waals surface area contributed by atoms with Crippen molar-refractivity contribution < 1.29 is 0 Å². The van der Waals surface area contributed by atoms with Crippen molar-refractivity contribution in [3.8, 4) is 11.4 Å². The largest absolute Gasteiger partial charge is 0.359 e. The second kappa shape index (κ2) is 5.48. The number of fused-ring (bicyclic) bond motifs is 1. The molecule has 3 aromatic heterocycles. The molecule has 4 aromatic rings. The number of benzene rings is 1. The van der Waals surface area contributed by atoms with Crippen molar-refractivity contribution in [2.75, 3.05) is 5.32 Å². The number of aromatic amines is 1. The zero-order valence-corrected chi connectivity index (χ0v) is 12.4. The Balaban J connectivity index is 1.70. The fourth-order valence-corrected chi connectivity index (χ4v) is 2.35. The van der Waals surface area contributed by atoms with Crippen LogP contribution in [0.5, 0.6) is 0 Å². The van der Waals surface area contributed by atoms with E-state index in [1.807, 2.05) is 49.4 Å². The fraction of sp³-hybridized carbons (Fsp3) is 0.133. The van der Waals surface area contributed by atoms with Gasteiger partial charge in [0, 0.05) is 5.56 Å². The first-order valence-corrected chi connectivity index (χ1v) is 7.21. The van der Waals surface area contributed by atoms with E-state index < -0.39 is 0 Å². The van der Waals surface area contributed by atoms with Crippen molar-refractivity contribution >= 4 is 11.5 Å². The van der Waals surface area contributed by atoms with Gasteiger partial charge in [-0.1, -0.05) is 30.3 Å². The van der Waals surface area contributed by atoms with E-state index in [2.05, 4.69) is 35.8 Å². The summed E-state index contributed by atoms with van der Waals surface area (Å²) in [5.41, 5.74) is 1.66. The van der Waals surface area contributed by atoms with Crippen LogP contribution in [0.2, 0.25) is 0 Å². The van der Waals surface area contributed by atoms with Crippen molar-refractivity contribution in [3.05, 3.63) is 54.6 Å². The molecule has 1 atom stereocenters. The summed E-state index contributed by atoms with van der Waals surface area (Å²) in [5.74, 6) is 2.16. The third-order valence-corrected chi connectivity index (χ3v) is 3.50. The lowest BCUT2D eigenvalue weighted by Gasteiger charge is -2.11. The molecule has 114 valence electrons. The molecule has 0 radical (unpaired) electrons. The number of hydrogen-bond acceptors (Lipinski definition) is 6. The first-order valence-electron chi connectivity index (χ1n) is 7.21. The number of aromatic nitrogens is 7. The van der Waals surface area contributed by atoms with Crippen LogP contribution in [0.3, 0.4) is 0 Å². The summed E-state index contributed by atoms with van der Waals surface area (Å²) in [6.45, 7) is 1.98. The summed E-state index contributed by atoms with van der Waals surface area (Å²) in [6.07, 6.45) is 1.48. The summed E-state index contributed by atoms with van der Waals surface area (Å²) < 4.78 is 1.73. The molecule has 0 aliphatic rings. The molecular weight excluding hydrogens is 292 g/mol. The monoisotopic (exact) mass is 306 g/mol. The maximum Gasteiger partial charge on any atom is 0.185 e. The van der Waals surface area contributed by atoms with E-state index in [0.717, 1.165) is 11.4 Å². The van der Waals surface area contributed by atoms with Crippen LogP contribution in [-0.2, 0) is 0 Å². The van der Waals surface area contributed by atoms with E-state index in [-0.39, 0.29) is 6.04 Å². The summed E-state index contributed by atoms with van der Waals surface area (Å²) in [5, 5.41) is 23.0. The number of nitrogens with zero attached hydrogens (tertiary/aromatic N) is 6. The van der Waals surface area contributed by atoms with Crippen LogP contribution in [0.15, 0.2) is 48.8 Å². The van der Waals surface area contributed by atoms with Gasteiger partial charge in [0.25, 0.3) is 0 Å². The molecule has 0 aliphatic carbocycles. The lowest BCUT2D eigenvalue weighted by Crippen LogP contribution is -2.11. The molecule has 3 heterocycles. The van der Waals surface area contributed by atoms with Gasteiger partial charge in [0.2, 0.25) is 0 Å². The average Bonchev–Trinajstić information content (AvgIpc) is 3.25. The highest BCUT2D eigenvalue weighted by atomic mass is 15.4. The summed E-state index contributed by atoms with van der Waals surface area (Å²) in [6, 6.07) is 13.6. The van der Waals surface area contributed by atoms with Crippen molar-refractivity contribution in [3.63, 3.8) is 0 Å². The van der Waals surface area contributed by atoms with Gasteiger partial charge in [-0.3, -0.25) is 5.10 Å². The SMILES string of the molecule is CC(Nc1ccc2nnc(-c3ccccc3)n2n1)c1ncn[nH]1. The zero-order chi connectivity index (χ0) is 15.6. The van der Waals surface area contributed by atoms with Gasteiger partial charge in [-0.15, -0.1) is 15.3 Å². The normalized spacial score (nSPS) is 12.4. The van der Waals surface area contributed by atoms with Gasteiger partial charge in [0.05, 0.1) is 6.04 Å². The Morgan fingerprint density at radius 1 is 1.09 bits per heavy atom. The topological polar surface area (TPSA) is 96.7 Å². The second-order valence-corrected chi connectivity index (χ2v) is 5.11. The molecule has 2 N–H and O–H groups in total. The van der Waals surface area contributed by atoms with Crippen LogP contribution in [0.25, 0.3) is 17.0 Å². The van der Waals surface area contributed by atoms with Gasteiger partial charge in [-0.05, 0) is 19.1 Å². The Labute approximate surface area is 131 Å². The summed E-state index contributed by atoms with van der Waals surface area (Å²) in [7, 11) is 0. The Hall–Kier alpha value is -3.29. The van der Waals surface area contributed by atoms with Crippen LogP contribution < -0.4 is 5.32 Å². The number of anilines is 1. The second-order valence-electron chi connectivity index (χ2n) is 5.11. The smallest absolute Gasteiger partial charge is 0.185 e. The average molecular weight is 306 g/mol. The Morgan fingerprint density at radius 3 is 2.74 bits per heavy atom. The zero-order valence-electron chi connectivity index (χ0n) is 12.4. The van der Waals surface area contributed by atoms with E-state index in [4.69, 9.17) is 0 Å². The Kier molecular flexibility index (Phi) is 3.19. The van der Waals surface area contributed by atoms with E-state index in [1.165, 1.54) is 6.33 Å². The molecule has 8 heteroatoms. The van der Waals surface area contributed by atoms with Crippen molar-refractivity contribution in [1.29, 1.82) is 0 Å². The van der Waals surface area contributed by atoms with Crippen LogP contribution in [-0.4, -0.2) is 35.0 Å². The highest BCUT2D eigenvalue weighted by Gasteiger charge is 2.12. The molecule has 0 bridgehead atoms. The molecule has 1 unspecified atom stereocenters. The maximum atomic E-state index is 4.58. The number of hydrogen-bond donors (Lipinski definition) is 2. The molecule has 0 aliphatic heterocycles. The first-order chi connectivity index (χ1) is 11.3. The predicted molar refractivity (Wildman–Crippen MR) is 84.6 cm³/mol. The lowest BCUT2D eigenvalue weighted by atomic mass is 10.2. The maximum absolute atomic E-state index is 4.58. The lowest BCUT2D eigenvalue weighted by molar-refractivity contribution is 0.780. The molecule has 0 saturated heterocycles. The number of rotatable bonds is 4. The summed E-state index contributed by atoms with van der Waals surface area (Å²) in [4.78, 5) is 4.14. The molecule has 1 aromatic carbocycles. The first kappa shape index (κ1) is 13.4. The van der Waals surface area contributed by atoms with E-state index in [9.17, 15) is 0 Å². The fourth-order valence-electron chi connectivity index (χ4n) is 2.35. The number of H-pyrrole nitrogens is 1. The van der Waals surface area contributed by atoms with Crippen molar-refractivity contribution in [2.45, 2.75) is 13.0 Å². The minimum absolute atomic E-state index is 0.0425. The Bertz CT molecular complexity index is 913. The van der Waals surface area contributed by atoms with E-state index in [0.29, 0.717) is 17.3 Å². The van der Waals surface area contributed by atoms with Crippen LogP contribution in [0, 0.1) is 0 Å². The van der Waals surface area contributed by atoms with Crippen molar-refractivity contribution in [2.24, 2.45) is 0 Å². The molecule has 8 nitrogen and oxygen atoms in total. The molecular formula is C15H14N8. The predicted octanol–water partition coefficient (Wildman–Crippen LogP) is 2.08. The number of nitrogens with one attached hydrogen (secondary N) is 2. The minimum Gasteiger partial charge on any atom is -0.359 e. The standard InChI is InChI=1S/C15H14N8/c1-10(14-16-9-17-20-14)18-12-7-8-13-19-21-15(23(13)22-12)11-5-3-2-4-6-11/h2-10H,1H3,(H,18,22)(H,16,17,20). The molecule has 23 heavy (non-hydrogen) atoms. The molecule has 0 saturated carbocycles. The third kappa shape index (κ3) is 2.50. The summed E-state index contributed by atoms with van der Waals surface area (Å²) >= 11 is 0. The molecule has 0 fully saturated rings. The van der Waals surface area contributed by atoms with Crippen molar-refractivity contribution in [1.82, 2.24) is 35.0 Å². The van der Waals surface area contributed by atoms with Crippen LogP contribution in [0.4, 0.5) is 5.82 Å². The highest BCUT2D eigenvalue weighted by molar-refractivity contribution is 5.59. The van der Waals surface area contributed by atoms with Gasteiger partial charge < -0.3 is 5.32 Å². The quantitative estimate of drug-likeness (QED) is 0.599. The molecule has 4 rings (SSSR count). The van der Waals surface area contributed by atoms with Gasteiger partial charge >= 0.3 is 0 Å². The van der Waals surface area contributed by atoms with Gasteiger partial charge in [-0.2, -0.15) is 9.61 Å². The minimum atomic E-state index is -0.0425. The van der Waals surface area contributed by atoms with Gasteiger partial charge in [0.15, 0.2) is 11.5 Å². The van der Waals surface area contributed by atoms with Gasteiger partial charge in [-0.25, -0.2) is 4.98 Å².